The lowest BCUT2D eigenvalue weighted by Gasteiger charge is -2.26. The van der Waals surface area contributed by atoms with Crippen molar-refractivity contribution in [1.82, 2.24) is 16.0 Å². The minimum Gasteiger partial charge on any atom is -0.508 e. The fraction of sp³-hybridized carbons (Fsp3) is 0.500. The predicted molar refractivity (Wildman–Crippen MR) is 132 cm³/mol. The van der Waals surface area contributed by atoms with Crippen LogP contribution in [0, 0.1) is 5.92 Å². The highest BCUT2D eigenvalue weighted by atomic mass is 16.4. The number of hydrogen-bond acceptors (Lipinski definition) is 8. The summed E-state index contributed by atoms with van der Waals surface area (Å²) in [5, 5.41) is 43.9. The van der Waals surface area contributed by atoms with Crippen molar-refractivity contribution in [1.29, 1.82) is 0 Å². The summed E-state index contributed by atoms with van der Waals surface area (Å²) in [5.74, 6) is -7.32. The second kappa shape index (κ2) is 15.1. The van der Waals surface area contributed by atoms with Crippen LogP contribution in [0.15, 0.2) is 24.3 Å². The van der Waals surface area contributed by atoms with Crippen molar-refractivity contribution in [2.75, 3.05) is 0 Å². The average molecular weight is 539 g/mol. The van der Waals surface area contributed by atoms with Gasteiger partial charge in [-0.05, 0) is 30.0 Å². The molecule has 0 aliphatic rings. The number of nitrogens with two attached hydrogens (primary N) is 1. The van der Waals surface area contributed by atoms with Gasteiger partial charge < -0.3 is 42.1 Å². The Morgan fingerprint density at radius 1 is 0.842 bits per heavy atom. The Labute approximate surface area is 218 Å². The molecule has 0 aromatic heterocycles. The van der Waals surface area contributed by atoms with Gasteiger partial charge in [0.1, 0.15) is 23.9 Å². The summed E-state index contributed by atoms with van der Waals surface area (Å²) >= 11 is 0. The predicted octanol–water partition coefficient (Wildman–Crippen LogP) is -0.813. The van der Waals surface area contributed by atoms with Gasteiger partial charge in [0.25, 0.3) is 0 Å². The molecular weight excluding hydrogens is 504 g/mol. The number of carbonyl (C=O) groups excluding carboxylic acids is 3. The van der Waals surface area contributed by atoms with Crippen LogP contribution in [-0.2, 0) is 35.2 Å². The summed E-state index contributed by atoms with van der Waals surface area (Å²) in [7, 11) is 0. The highest BCUT2D eigenvalue weighted by Gasteiger charge is 2.33. The number of rotatable bonds is 16. The Hall–Kier alpha value is -4.20. The minimum absolute atomic E-state index is 0.0510. The monoisotopic (exact) mass is 538 g/mol. The van der Waals surface area contributed by atoms with Crippen LogP contribution in [0.5, 0.6) is 5.75 Å². The number of aliphatic carboxylic acids is 3. The first kappa shape index (κ1) is 31.8. The topological polar surface area (TPSA) is 245 Å². The van der Waals surface area contributed by atoms with E-state index in [9.17, 15) is 44.1 Å². The van der Waals surface area contributed by atoms with E-state index in [1.165, 1.54) is 24.3 Å². The van der Waals surface area contributed by atoms with Crippen molar-refractivity contribution in [2.45, 2.75) is 70.1 Å². The number of carbonyl (C=O) groups is 6. The van der Waals surface area contributed by atoms with Crippen molar-refractivity contribution >= 4 is 35.6 Å². The average Bonchev–Trinajstić information content (AvgIpc) is 2.84. The molecule has 0 fully saturated rings. The lowest BCUT2D eigenvalue weighted by atomic mass is 9.98. The second-order valence-electron chi connectivity index (χ2n) is 8.84. The van der Waals surface area contributed by atoms with Crippen molar-refractivity contribution in [3.05, 3.63) is 29.8 Å². The summed E-state index contributed by atoms with van der Waals surface area (Å²) in [4.78, 5) is 72.2. The largest absolute Gasteiger partial charge is 0.508 e. The molecule has 14 heteroatoms. The molecule has 0 radical (unpaired) electrons. The number of carboxylic acids is 3. The van der Waals surface area contributed by atoms with E-state index < -0.39 is 78.6 Å². The van der Waals surface area contributed by atoms with Gasteiger partial charge in [-0.2, -0.15) is 0 Å². The molecule has 3 amide bonds. The quantitative estimate of drug-likeness (QED) is 0.129. The normalized spacial score (nSPS) is 14.7. The summed E-state index contributed by atoms with van der Waals surface area (Å²) in [6.45, 7) is 3.36. The first-order chi connectivity index (χ1) is 17.7. The molecule has 1 rings (SSSR count). The molecule has 0 aliphatic carbocycles. The summed E-state index contributed by atoms with van der Waals surface area (Å²) in [6, 6.07) is -0.0184. The first-order valence-electron chi connectivity index (χ1n) is 11.9. The van der Waals surface area contributed by atoms with Crippen LogP contribution in [0.3, 0.4) is 0 Å². The van der Waals surface area contributed by atoms with E-state index in [1.807, 2.05) is 0 Å². The number of carboxylic acid groups (broad SMARTS) is 3. The summed E-state index contributed by atoms with van der Waals surface area (Å²) in [6.07, 6.45) is -1.29. The molecule has 0 saturated carbocycles. The molecule has 5 atom stereocenters. The molecular formula is C24H34N4O10. The maximum absolute atomic E-state index is 13.1. The molecule has 9 N–H and O–H groups in total. The molecule has 0 aliphatic heterocycles. The molecule has 210 valence electrons. The number of aromatic hydroxyl groups is 1. The van der Waals surface area contributed by atoms with Crippen LogP contribution in [0.25, 0.3) is 0 Å². The van der Waals surface area contributed by atoms with E-state index in [4.69, 9.17) is 10.8 Å². The molecule has 5 unspecified atom stereocenters. The van der Waals surface area contributed by atoms with Crippen LogP contribution in [0.2, 0.25) is 0 Å². The number of hydrogen-bond donors (Lipinski definition) is 8. The number of amides is 3. The second-order valence-corrected chi connectivity index (χ2v) is 8.84. The van der Waals surface area contributed by atoms with Crippen molar-refractivity contribution in [3.63, 3.8) is 0 Å². The van der Waals surface area contributed by atoms with E-state index in [-0.39, 0.29) is 18.6 Å². The van der Waals surface area contributed by atoms with Gasteiger partial charge in [-0.15, -0.1) is 0 Å². The summed E-state index contributed by atoms with van der Waals surface area (Å²) in [5.41, 5.74) is 6.12. The Kier molecular flexibility index (Phi) is 12.7. The van der Waals surface area contributed by atoms with Crippen molar-refractivity contribution < 1.29 is 49.2 Å². The lowest BCUT2D eigenvalue weighted by Crippen LogP contribution is -2.58. The van der Waals surface area contributed by atoms with E-state index >= 15 is 0 Å². The molecule has 14 nitrogen and oxygen atoms in total. The number of nitrogens with one attached hydrogen (secondary N) is 3. The minimum atomic E-state index is -1.67. The highest BCUT2D eigenvalue weighted by Crippen LogP contribution is 2.13. The van der Waals surface area contributed by atoms with Gasteiger partial charge in [0.05, 0.1) is 12.5 Å². The molecule has 1 aromatic carbocycles. The molecule has 1 aromatic rings. The third-order valence-electron chi connectivity index (χ3n) is 5.80. The third-order valence-corrected chi connectivity index (χ3v) is 5.80. The lowest BCUT2D eigenvalue weighted by molar-refractivity contribution is -0.144. The fourth-order valence-corrected chi connectivity index (χ4v) is 3.36. The molecule has 38 heavy (non-hydrogen) atoms. The Morgan fingerprint density at radius 3 is 1.89 bits per heavy atom. The van der Waals surface area contributed by atoms with Gasteiger partial charge in [-0.1, -0.05) is 32.4 Å². The SMILES string of the molecule is CCC(C)C(NC(=O)C(Cc1ccc(O)cc1)NC(=O)C(CC(=O)O)NC(=O)C(N)CCC(=O)O)C(=O)O. The van der Waals surface area contributed by atoms with Crippen LogP contribution in [0.4, 0.5) is 0 Å². The van der Waals surface area contributed by atoms with Crippen LogP contribution < -0.4 is 21.7 Å². The molecule has 0 spiro atoms. The molecule has 0 bridgehead atoms. The van der Waals surface area contributed by atoms with E-state index in [1.54, 1.807) is 13.8 Å². The van der Waals surface area contributed by atoms with Crippen LogP contribution in [0.1, 0.15) is 45.1 Å². The van der Waals surface area contributed by atoms with Gasteiger partial charge in [-0.25, -0.2) is 4.79 Å². The van der Waals surface area contributed by atoms with E-state index in [0.717, 1.165) is 0 Å². The number of phenols is 1. The Morgan fingerprint density at radius 2 is 1.39 bits per heavy atom. The maximum Gasteiger partial charge on any atom is 0.326 e. The fourth-order valence-electron chi connectivity index (χ4n) is 3.36. The van der Waals surface area contributed by atoms with Crippen LogP contribution in [-0.4, -0.2) is 80.2 Å². The van der Waals surface area contributed by atoms with Crippen molar-refractivity contribution in [2.24, 2.45) is 11.7 Å². The summed E-state index contributed by atoms with van der Waals surface area (Å²) < 4.78 is 0. The van der Waals surface area contributed by atoms with E-state index in [2.05, 4.69) is 16.0 Å². The molecule has 0 saturated heterocycles. The zero-order valence-corrected chi connectivity index (χ0v) is 21.0. The number of phenolic OH excluding ortho intramolecular Hbond substituents is 1. The third kappa shape index (κ3) is 10.8. The highest BCUT2D eigenvalue weighted by molar-refractivity contribution is 5.95. The number of benzene rings is 1. The zero-order valence-electron chi connectivity index (χ0n) is 21.0. The van der Waals surface area contributed by atoms with Gasteiger partial charge in [0.15, 0.2) is 0 Å². The van der Waals surface area contributed by atoms with Crippen molar-refractivity contribution in [3.8, 4) is 5.75 Å². The zero-order chi connectivity index (χ0) is 29.0. The van der Waals surface area contributed by atoms with Gasteiger partial charge in [-0.3, -0.25) is 24.0 Å². The standard InChI is InChI=1S/C24H34N4O10/c1-3-12(2)20(24(37)38)28-23(36)16(10-13-4-6-14(29)7-5-13)27-22(35)17(11-19(32)33)26-21(34)15(25)8-9-18(30)31/h4-7,12,15-17,20,29H,3,8-11,25H2,1-2H3,(H,26,34)(H,27,35)(H,28,36)(H,30,31)(H,32,33)(H,37,38). The Bertz CT molecular complexity index is 1010. The first-order valence-corrected chi connectivity index (χ1v) is 11.9. The maximum atomic E-state index is 13.1. The van der Waals surface area contributed by atoms with E-state index in [0.29, 0.717) is 12.0 Å². The van der Waals surface area contributed by atoms with Gasteiger partial charge in [0.2, 0.25) is 17.7 Å². The van der Waals surface area contributed by atoms with Gasteiger partial charge >= 0.3 is 17.9 Å². The smallest absolute Gasteiger partial charge is 0.326 e. The molecule has 0 heterocycles. The Balaban J connectivity index is 3.17. The van der Waals surface area contributed by atoms with Crippen LogP contribution >= 0.6 is 0 Å². The van der Waals surface area contributed by atoms with Gasteiger partial charge in [0, 0.05) is 12.8 Å².